The Labute approximate surface area is 842 Å². The van der Waals surface area contributed by atoms with Crippen molar-refractivity contribution in [2.45, 2.75) is 229 Å². The second kappa shape index (κ2) is 44.7. The third kappa shape index (κ3) is 26.8. The van der Waals surface area contributed by atoms with Crippen molar-refractivity contribution in [1.82, 2.24) is 76.8 Å². The second-order valence-corrected chi connectivity index (χ2v) is 53.9. The average molecular weight is 2280 g/mol. The fraction of sp³-hybridized carbons (Fsp3) is 0.597. The highest BCUT2D eigenvalue weighted by Crippen LogP contribution is 2.65. The molecule has 14 unspecified atom stereocenters. The highest BCUT2D eigenvalue weighted by Gasteiger charge is 2.53. The summed E-state index contributed by atoms with van der Waals surface area (Å²) in [6.07, 6.45) is -20.6. The van der Waals surface area contributed by atoms with Crippen LogP contribution in [0.25, 0.3) is 11.2 Å². The van der Waals surface area contributed by atoms with Gasteiger partial charge in [0, 0.05) is 123 Å². The second-order valence-electron chi connectivity index (χ2n) is 33.7. The maximum atomic E-state index is 15.0. The Balaban J connectivity index is 0.634. The number of hydrogen-bond donors (Lipinski definition) is 14. The number of hydrogen-bond acceptors (Lipinski definition) is 46. The van der Waals surface area contributed by atoms with Crippen molar-refractivity contribution in [3.8, 4) is 0 Å². The topological polar surface area (TPSA) is 724 Å². The van der Waals surface area contributed by atoms with Gasteiger partial charge in [0.1, 0.15) is 140 Å². The molecule has 8 aromatic heterocycles. The van der Waals surface area contributed by atoms with E-state index in [4.69, 9.17) is 114 Å². The molecule has 15 rings (SSSR count). The molecule has 7 fully saturated rings. The molecule has 0 radical (unpaired) electrons. The van der Waals surface area contributed by atoms with E-state index in [0.717, 1.165) is 53.2 Å². The van der Waals surface area contributed by atoms with Gasteiger partial charge in [-0.15, -0.1) is 0 Å². The molecule has 0 spiro atoms. The predicted octanol–water partition coefficient (Wildman–Crippen LogP) is 6.27. The van der Waals surface area contributed by atoms with Crippen molar-refractivity contribution in [3.63, 3.8) is 0 Å². The van der Waals surface area contributed by atoms with Gasteiger partial charge in [0.05, 0.1) is 58.2 Å². The molecule has 7 aliphatic heterocycles. The van der Waals surface area contributed by atoms with E-state index in [1.165, 1.54) is 70.3 Å². The molecule has 786 valence electrons. The van der Waals surface area contributed by atoms with Gasteiger partial charge >= 0.3 is 81.7 Å². The molecule has 71 heteroatoms. The molecule has 10 N–H and O–H groups in total. The van der Waals surface area contributed by atoms with E-state index >= 15 is 0 Å². The van der Waals surface area contributed by atoms with E-state index in [9.17, 15) is 79.9 Å². The quantitative estimate of drug-likeness (QED) is 0.0148. The minimum Gasteiger partial charge on any atom is -0.383 e. The van der Waals surface area contributed by atoms with Crippen LogP contribution in [0.2, 0.25) is 0 Å². The van der Waals surface area contributed by atoms with Crippen LogP contribution in [0.15, 0.2) is 97.8 Å². The standard InChI is InChI=1S/C72H98N19O38P7S7/c1-9-37-38(10-51(116-37)87-19-33(4)63(92)81-69(87)98)124-131(103,138)110-24-47-41(13-54(119-47)88-20-34(5)64(93)82-70(88)99)126-133(105,140)112-25-46-40(12-53(118-46)86-18-32(3)60(74)80-68(86)97)125-132(104,139)113-26-48-42(14-55(120-48)89-21-35(6)65(94)83-71(89)100)127-134(106,141)114-27-49-43(15-56(121-49)90-22-36(7)66(95)84-72(90)101)128-135(107,142)115-28-50-44(16-57(122-50)91-30-78-58-61(75)76-29-77-62(58)91)129-136(108,143)111-23-45-39(123-130(102,137)109-8)11-52(117-45)85-17-31(2)59(73)79-67(85)96/h17-22,29-30,37-57H,9-16,23-28H2,1-8H3,(H,102,137)(H,103,138)(H,104,139)(H,105,140)(H,106,141)(H,107,142)(H,108,143)(H2,73,79,96)(H2,74,80,97)(H2,75,76,77)(H,81,92,98)(H,82,93,99)(H,83,94,100)(H,84,95,101)/t37-,38?,39?,40?,41?,42?,43?,44?,45-,46-,47-,48-,49-,50-,51-,52-,53-,54-,55-,56-,57-,130?,131?,132?,133?,134?,135?,136?/m1/s1. The number of aromatic amines is 4. The lowest BCUT2D eigenvalue weighted by atomic mass is 10.1. The first-order valence-corrected chi connectivity index (χ1v) is 62.0. The average Bonchev–Trinajstić information content (AvgIpc) is 1.36. The molecule has 0 aliphatic carbocycles. The molecule has 7 saturated heterocycles. The Morgan fingerprint density at radius 2 is 0.559 bits per heavy atom. The summed E-state index contributed by atoms with van der Waals surface area (Å²) in [7, 11) is 1.07. The number of nitrogen functional groups attached to an aromatic ring is 3. The van der Waals surface area contributed by atoms with Crippen LogP contribution in [0, 0.1) is 41.5 Å². The number of ether oxygens (including phenoxy) is 7. The molecule has 7 aliphatic rings. The number of fused-ring (bicyclic) bond motifs is 1. The molecule has 15 heterocycles. The largest absolute Gasteiger partial charge is 0.386 e. The Kier molecular flexibility index (Phi) is 34.6. The maximum Gasteiger partial charge on any atom is 0.386 e. The van der Waals surface area contributed by atoms with Crippen molar-refractivity contribution in [2.24, 2.45) is 0 Å². The van der Waals surface area contributed by atoms with Gasteiger partial charge in [-0.25, -0.2) is 75.7 Å². The lowest BCUT2D eigenvalue weighted by Gasteiger charge is -2.27. The van der Waals surface area contributed by atoms with Crippen LogP contribution in [0.4, 0.5) is 17.5 Å². The third-order valence-corrected chi connectivity index (χ3v) is 35.3. The normalized spacial score (nSPS) is 29.7. The molecule has 8 aromatic rings. The first kappa shape index (κ1) is 111. The van der Waals surface area contributed by atoms with Gasteiger partial charge in [0.25, 0.3) is 22.2 Å². The number of nitrogens with two attached hydrogens (primary N) is 3. The number of rotatable bonds is 41. The highest BCUT2D eigenvalue weighted by molar-refractivity contribution is 8.46. The van der Waals surface area contributed by atoms with E-state index in [1.807, 2.05) is 0 Å². The summed E-state index contributed by atoms with van der Waals surface area (Å²) in [5.74, 6) is -0.218. The Morgan fingerprint density at radius 1 is 0.329 bits per heavy atom. The van der Waals surface area contributed by atoms with E-state index in [-0.39, 0.29) is 88.5 Å². The van der Waals surface area contributed by atoms with Gasteiger partial charge in [-0.3, -0.25) is 130 Å². The first-order valence-electron chi connectivity index (χ1n) is 43.1. The van der Waals surface area contributed by atoms with Crippen LogP contribution in [0.3, 0.4) is 0 Å². The first-order chi connectivity index (χ1) is 67.1. The molecule has 143 heavy (non-hydrogen) atoms. The van der Waals surface area contributed by atoms with Gasteiger partial charge in [0.2, 0.25) is 0 Å². The summed E-state index contributed by atoms with van der Waals surface area (Å²) in [6.45, 7) is -27.4. The Bertz CT molecular complexity index is 7180. The highest BCUT2D eigenvalue weighted by atomic mass is 32.7. The number of aryl methyl sites for hydroxylation is 6. The lowest BCUT2D eigenvalue weighted by molar-refractivity contribution is -0.0540. The van der Waals surface area contributed by atoms with Crippen LogP contribution >= 0.6 is 133 Å². The SMILES string of the molecule is CC[C@H]1O[C@@H](n2cc(C)c(=O)[nH]c2=O)CC1OP(=O)(S)OC[C@H]1O[C@@H](n2cc(C)c(=O)[nH]c2=O)CC1OP(=O)(S)OC[C@H]1O[C@@H](n2cc(C)c(N)nc2=O)CC1OP(=O)(S)OC[C@H]1O[C@@H](n2cc(C)c(=O)[nH]c2=O)CC1OP(=O)(S)OC[C@H]1O[C@@H](n2cc(C)c(=O)[nH]c2=O)CC1OP(=O)(S)OC[C@H]1O[C@@H](n2cnc3c(N)ncnc32)CC1OP(=O)(S)OC[C@H]1O[C@@H](n2cc(C)c(N)nc2=O)CC1OP(=O)(S)OC. The summed E-state index contributed by atoms with van der Waals surface area (Å²) in [6, 6.07) is 0. The smallest absolute Gasteiger partial charge is 0.383 e. The van der Waals surface area contributed by atoms with Crippen LogP contribution in [0.1, 0.15) is 135 Å². The predicted molar refractivity (Wildman–Crippen MR) is 522 cm³/mol. The van der Waals surface area contributed by atoms with Crippen molar-refractivity contribution in [2.75, 3.05) is 64.0 Å². The third-order valence-electron chi connectivity index (χ3n) is 23.7. The number of nitrogens with one attached hydrogen (secondary N) is 4. The van der Waals surface area contributed by atoms with Crippen LogP contribution in [-0.2, 0) is 128 Å². The summed E-state index contributed by atoms with van der Waals surface area (Å²) < 4.78 is 235. The van der Waals surface area contributed by atoms with Gasteiger partial charge in [-0.05, 0) is 48.0 Å². The summed E-state index contributed by atoms with van der Waals surface area (Å²) in [5.41, 5.74) is 10.9. The van der Waals surface area contributed by atoms with Crippen molar-refractivity contribution >= 4 is 162 Å². The zero-order valence-electron chi connectivity index (χ0n) is 76.0. The van der Waals surface area contributed by atoms with Crippen LogP contribution in [-0.4, -0.2) is 209 Å². The number of thiol groups is 7. The van der Waals surface area contributed by atoms with Crippen LogP contribution < -0.4 is 73.6 Å². The fourth-order valence-electron chi connectivity index (χ4n) is 16.4. The van der Waals surface area contributed by atoms with E-state index in [1.54, 1.807) is 13.8 Å². The number of anilines is 3. The van der Waals surface area contributed by atoms with E-state index in [2.05, 4.69) is 131 Å². The van der Waals surface area contributed by atoms with E-state index < -0.39 is 292 Å². The lowest BCUT2D eigenvalue weighted by Crippen LogP contribution is -2.33. The van der Waals surface area contributed by atoms with Crippen LogP contribution in [0.5, 0.6) is 0 Å². The number of aromatic nitrogens is 16. The van der Waals surface area contributed by atoms with Gasteiger partial charge in [0.15, 0.2) is 11.5 Å². The summed E-state index contributed by atoms with van der Waals surface area (Å²) in [5, 5.41) is 0. The number of imidazole rings is 1. The summed E-state index contributed by atoms with van der Waals surface area (Å²) >= 11 is 29.8. The molecule has 0 bridgehead atoms. The monoisotopic (exact) mass is 2280 g/mol. The van der Waals surface area contributed by atoms with Crippen molar-refractivity contribution in [3.05, 3.63) is 188 Å². The van der Waals surface area contributed by atoms with Crippen molar-refractivity contribution < 1.29 is 128 Å². The Morgan fingerprint density at radius 3 is 0.818 bits per heavy atom. The van der Waals surface area contributed by atoms with Crippen molar-refractivity contribution in [1.29, 1.82) is 0 Å². The molecular weight excluding hydrogens is 2180 g/mol. The number of nitrogens with zero attached hydrogens (tertiary/aromatic N) is 12. The molecular formula is C72H98N19O38P7S7. The molecule has 57 nitrogen and oxygen atoms in total. The van der Waals surface area contributed by atoms with Gasteiger partial charge < -0.3 is 54.9 Å². The number of H-pyrrole nitrogens is 4. The minimum atomic E-state index is -4.95. The maximum absolute atomic E-state index is 15.0. The molecule has 0 saturated carbocycles. The Hall–Kier alpha value is -6.35. The molecule has 28 atom stereocenters. The molecule has 0 amide bonds. The van der Waals surface area contributed by atoms with Gasteiger partial charge in [-0.2, -0.15) is 9.97 Å². The van der Waals surface area contributed by atoms with Gasteiger partial charge in [-0.1, -0.05) is 92.7 Å². The van der Waals surface area contributed by atoms with E-state index in [0.29, 0.717) is 5.56 Å². The summed E-state index contributed by atoms with van der Waals surface area (Å²) in [4.78, 5) is 159. The zero-order valence-corrected chi connectivity index (χ0v) is 88.5. The minimum absolute atomic E-state index is 0.00398. The zero-order chi connectivity index (χ0) is 104. The molecule has 0 aromatic carbocycles. The fourth-order valence-corrected chi connectivity index (χ4v) is 26.6.